The molecule has 18 heavy (non-hydrogen) atoms. The number of nitrogens with two attached hydrogens (primary N) is 1. The lowest BCUT2D eigenvalue weighted by Gasteiger charge is -2.09. The van der Waals surface area contributed by atoms with Crippen molar-refractivity contribution in [3.8, 4) is 0 Å². The molecule has 5 heteroatoms. The molecule has 0 spiro atoms. The van der Waals surface area contributed by atoms with E-state index in [9.17, 15) is 8.42 Å². The van der Waals surface area contributed by atoms with E-state index in [1.807, 2.05) is 6.92 Å². The second-order valence-corrected chi connectivity index (χ2v) is 6.76. The quantitative estimate of drug-likeness (QED) is 0.612. The van der Waals surface area contributed by atoms with E-state index in [-0.39, 0.29) is 4.90 Å². The van der Waals surface area contributed by atoms with Crippen molar-refractivity contribution >= 4 is 15.7 Å². The zero-order chi connectivity index (χ0) is 13.2. The molecule has 0 aromatic heterocycles. The van der Waals surface area contributed by atoms with E-state index in [2.05, 4.69) is 4.72 Å². The van der Waals surface area contributed by atoms with Crippen molar-refractivity contribution in [1.82, 2.24) is 4.72 Å². The summed E-state index contributed by atoms with van der Waals surface area (Å²) in [7, 11) is -3.46. The highest BCUT2D eigenvalue weighted by Gasteiger charge is 2.21. The normalized spacial score (nSPS) is 15.8. The summed E-state index contributed by atoms with van der Waals surface area (Å²) >= 11 is 0. The van der Waals surface area contributed by atoms with Crippen molar-refractivity contribution in [3.63, 3.8) is 0 Å². The summed E-state index contributed by atoms with van der Waals surface area (Å²) < 4.78 is 26.7. The van der Waals surface area contributed by atoms with E-state index in [0.717, 1.165) is 24.3 Å². The van der Waals surface area contributed by atoms with Crippen LogP contribution in [-0.2, 0) is 10.0 Å². The molecule has 1 aromatic carbocycles. The fourth-order valence-corrected chi connectivity index (χ4v) is 3.18. The molecule has 0 bridgehead atoms. The maximum atomic E-state index is 12.0. The van der Waals surface area contributed by atoms with E-state index >= 15 is 0 Å². The van der Waals surface area contributed by atoms with Gasteiger partial charge in [-0.25, -0.2) is 13.1 Å². The van der Waals surface area contributed by atoms with Gasteiger partial charge in [-0.2, -0.15) is 0 Å². The Labute approximate surface area is 109 Å². The molecule has 0 aliphatic heterocycles. The topological polar surface area (TPSA) is 72.2 Å². The van der Waals surface area contributed by atoms with E-state index in [1.54, 1.807) is 18.2 Å². The van der Waals surface area contributed by atoms with Crippen LogP contribution in [0.2, 0.25) is 0 Å². The van der Waals surface area contributed by atoms with Crippen molar-refractivity contribution < 1.29 is 8.42 Å². The Morgan fingerprint density at radius 3 is 2.72 bits per heavy atom. The molecule has 0 saturated heterocycles. The number of nitrogen functional groups attached to an aromatic ring is 1. The minimum atomic E-state index is -3.46. The number of hydrogen-bond donors (Lipinski definition) is 2. The zero-order valence-electron chi connectivity index (χ0n) is 10.6. The summed E-state index contributed by atoms with van der Waals surface area (Å²) in [5.74, 6) is 0.832. The summed E-state index contributed by atoms with van der Waals surface area (Å²) in [5, 5.41) is 0. The van der Waals surface area contributed by atoms with Gasteiger partial charge in [-0.1, -0.05) is 18.9 Å². The van der Waals surface area contributed by atoms with Crippen molar-refractivity contribution in [2.24, 2.45) is 5.92 Å². The number of sulfonamides is 1. The smallest absolute Gasteiger partial charge is 0.242 e. The van der Waals surface area contributed by atoms with Crippen molar-refractivity contribution in [3.05, 3.63) is 23.8 Å². The predicted molar refractivity (Wildman–Crippen MR) is 72.7 cm³/mol. The largest absolute Gasteiger partial charge is 0.398 e. The van der Waals surface area contributed by atoms with Crippen LogP contribution >= 0.6 is 0 Å². The van der Waals surface area contributed by atoms with Crippen LogP contribution in [0, 0.1) is 12.8 Å². The van der Waals surface area contributed by atoms with Crippen LogP contribution < -0.4 is 10.5 Å². The SMILES string of the molecule is Cc1ccc(S(=O)(=O)NCCCC2CC2)c(N)c1. The van der Waals surface area contributed by atoms with E-state index < -0.39 is 10.0 Å². The number of aryl methyl sites for hydroxylation is 1. The standard InChI is InChI=1S/C13H20N2O2S/c1-10-4-7-13(12(14)9-10)18(16,17)15-8-2-3-11-5-6-11/h4,7,9,11,15H,2-3,5-6,8,14H2,1H3. The molecular formula is C13H20N2O2S. The van der Waals surface area contributed by atoms with E-state index in [4.69, 9.17) is 5.73 Å². The van der Waals surface area contributed by atoms with Crippen LogP contribution in [0.25, 0.3) is 0 Å². The van der Waals surface area contributed by atoms with Crippen molar-refractivity contribution in [1.29, 1.82) is 0 Å². The molecule has 3 N–H and O–H groups in total. The summed E-state index contributed by atoms with van der Waals surface area (Å²) in [6, 6.07) is 5.00. The van der Waals surface area contributed by atoms with Gasteiger partial charge in [0, 0.05) is 6.54 Å². The lowest BCUT2D eigenvalue weighted by molar-refractivity contribution is 0.573. The molecule has 0 amide bonds. The highest BCUT2D eigenvalue weighted by Crippen LogP contribution is 2.33. The second-order valence-electron chi connectivity index (χ2n) is 5.02. The lowest BCUT2D eigenvalue weighted by Crippen LogP contribution is -2.25. The Bertz CT molecular complexity index is 522. The summed E-state index contributed by atoms with van der Waals surface area (Å²) in [6.07, 6.45) is 4.62. The highest BCUT2D eigenvalue weighted by atomic mass is 32.2. The van der Waals surface area contributed by atoms with Gasteiger partial charge in [-0.3, -0.25) is 0 Å². The van der Waals surface area contributed by atoms with Gasteiger partial charge in [-0.05, 0) is 43.4 Å². The van der Waals surface area contributed by atoms with E-state index in [1.165, 1.54) is 12.8 Å². The Kier molecular flexibility index (Phi) is 3.92. The van der Waals surface area contributed by atoms with Crippen molar-refractivity contribution in [2.75, 3.05) is 12.3 Å². The van der Waals surface area contributed by atoms with Gasteiger partial charge in [0.1, 0.15) is 4.90 Å². The predicted octanol–water partition coefficient (Wildman–Crippen LogP) is 2.05. The fourth-order valence-electron chi connectivity index (χ4n) is 1.99. The van der Waals surface area contributed by atoms with Crippen LogP contribution in [-0.4, -0.2) is 15.0 Å². The van der Waals surface area contributed by atoms with Crippen molar-refractivity contribution in [2.45, 2.75) is 37.5 Å². The van der Waals surface area contributed by atoms with Gasteiger partial charge in [0.15, 0.2) is 0 Å². The number of rotatable bonds is 6. The van der Waals surface area contributed by atoms with Gasteiger partial charge in [0.05, 0.1) is 5.69 Å². The summed E-state index contributed by atoms with van der Waals surface area (Å²) in [4.78, 5) is 0.180. The minimum Gasteiger partial charge on any atom is -0.398 e. The van der Waals surface area contributed by atoms with Gasteiger partial charge in [0.25, 0.3) is 0 Å². The Hall–Kier alpha value is -1.07. The molecule has 0 heterocycles. The third-order valence-corrected chi connectivity index (χ3v) is 4.77. The lowest BCUT2D eigenvalue weighted by atomic mass is 10.2. The summed E-state index contributed by atoms with van der Waals surface area (Å²) in [5.41, 5.74) is 7.02. The Balaban J connectivity index is 1.95. The third-order valence-electron chi connectivity index (χ3n) is 3.23. The molecule has 0 unspecified atom stereocenters. The van der Waals surface area contributed by atoms with Gasteiger partial charge >= 0.3 is 0 Å². The monoisotopic (exact) mass is 268 g/mol. The van der Waals surface area contributed by atoms with E-state index in [0.29, 0.717) is 12.2 Å². The number of benzene rings is 1. The first-order chi connectivity index (χ1) is 8.49. The van der Waals surface area contributed by atoms with Gasteiger partial charge < -0.3 is 5.73 Å². The highest BCUT2D eigenvalue weighted by molar-refractivity contribution is 7.89. The zero-order valence-corrected chi connectivity index (χ0v) is 11.5. The van der Waals surface area contributed by atoms with Crippen LogP contribution in [0.4, 0.5) is 5.69 Å². The molecule has 1 aliphatic carbocycles. The number of nitrogens with one attached hydrogen (secondary N) is 1. The molecular weight excluding hydrogens is 248 g/mol. The Morgan fingerprint density at radius 2 is 2.11 bits per heavy atom. The van der Waals surface area contributed by atoms with Gasteiger partial charge in [-0.15, -0.1) is 0 Å². The number of hydrogen-bond acceptors (Lipinski definition) is 3. The fraction of sp³-hybridized carbons (Fsp3) is 0.538. The maximum absolute atomic E-state index is 12.0. The molecule has 0 radical (unpaired) electrons. The summed E-state index contributed by atoms with van der Waals surface area (Å²) in [6.45, 7) is 2.38. The molecule has 1 aromatic rings. The van der Waals surface area contributed by atoms with Crippen LogP contribution in [0.15, 0.2) is 23.1 Å². The van der Waals surface area contributed by atoms with Crippen LogP contribution in [0.3, 0.4) is 0 Å². The number of anilines is 1. The second kappa shape index (κ2) is 5.28. The first-order valence-corrected chi connectivity index (χ1v) is 7.83. The minimum absolute atomic E-state index is 0.180. The molecule has 1 fully saturated rings. The first kappa shape index (κ1) is 13.4. The van der Waals surface area contributed by atoms with Crippen LogP contribution in [0.5, 0.6) is 0 Å². The van der Waals surface area contributed by atoms with Crippen LogP contribution in [0.1, 0.15) is 31.2 Å². The average Bonchev–Trinajstić information content (AvgIpc) is 3.07. The molecule has 0 atom stereocenters. The molecule has 100 valence electrons. The van der Waals surface area contributed by atoms with Gasteiger partial charge in [0.2, 0.25) is 10.0 Å². The Morgan fingerprint density at radius 1 is 1.39 bits per heavy atom. The average molecular weight is 268 g/mol. The molecule has 4 nitrogen and oxygen atoms in total. The first-order valence-electron chi connectivity index (χ1n) is 6.35. The molecule has 1 saturated carbocycles. The molecule has 2 rings (SSSR count). The maximum Gasteiger partial charge on any atom is 0.242 e. The third kappa shape index (κ3) is 3.46. The molecule has 1 aliphatic rings.